The Labute approximate surface area is 95.4 Å². The molecule has 0 aromatic carbocycles. The molecular weight excluding hydrogens is 191 g/mol. The Morgan fingerprint density at radius 2 is 1.92 bits per heavy atom. The summed E-state index contributed by atoms with van der Waals surface area (Å²) < 4.78 is 30.7. The topological polar surface area (TPSA) is 77.4 Å². The molecule has 4 nitrogen and oxygen atoms in total. The van der Waals surface area contributed by atoms with Crippen LogP contribution in [0.4, 0.5) is 0 Å². The van der Waals surface area contributed by atoms with Crippen LogP contribution in [0.15, 0.2) is 0 Å². The van der Waals surface area contributed by atoms with Gasteiger partial charge in [-0.2, -0.15) is 0 Å². The summed E-state index contributed by atoms with van der Waals surface area (Å²) in [6.07, 6.45) is 1.30. The number of aliphatic hydroxyl groups excluding tert-OH is 1. The summed E-state index contributed by atoms with van der Waals surface area (Å²) in [5.41, 5.74) is -1.75. The Bertz CT molecular complexity index is 202. The molecule has 2 atom stereocenters. The van der Waals surface area contributed by atoms with E-state index < -0.39 is 21.5 Å². The number of hydrogen-bond acceptors (Lipinski definition) is 4. The quantitative estimate of drug-likeness (QED) is 0.399. The molecule has 0 spiro atoms. The summed E-state index contributed by atoms with van der Waals surface area (Å²) in [7, 11) is -4.52. The van der Waals surface area contributed by atoms with Crippen LogP contribution >= 0.6 is 0 Å². The van der Waals surface area contributed by atoms with Crippen LogP contribution in [-0.2, 0) is 10.1 Å². The van der Waals surface area contributed by atoms with E-state index in [0.717, 1.165) is 6.42 Å². The van der Waals surface area contributed by atoms with Crippen molar-refractivity contribution >= 4 is 10.1 Å². The summed E-state index contributed by atoms with van der Waals surface area (Å²) in [5.74, 6) is -0.470. The van der Waals surface area contributed by atoms with Crippen molar-refractivity contribution in [3.63, 3.8) is 0 Å². The molecule has 0 amide bonds. The monoisotopic (exact) mass is 204 g/mol. The van der Waals surface area contributed by atoms with Gasteiger partial charge < -0.3 is 9.66 Å². The second kappa shape index (κ2) is 6.34. The van der Waals surface area contributed by atoms with E-state index in [1.807, 2.05) is 6.92 Å². The van der Waals surface area contributed by atoms with Gasteiger partial charge in [0.05, 0.1) is 0 Å². The van der Waals surface area contributed by atoms with Crippen molar-refractivity contribution in [1.82, 2.24) is 0 Å². The molecule has 1 N–H and O–H groups in total. The molecule has 0 aliphatic heterocycles. The molecular formula is C6H13NaO4S. The van der Waals surface area contributed by atoms with Gasteiger partial charge in [0.25, 0.3) is 0 Å². The molecule has 2 unspecified atom stereocenters. The van der Waals surface area contributed by atoms with Crippen molar-refractivity contribution in [1.29, 1.82) is 0 Å². The predicted molar refractivity (Wildman–Crippen MR) is 39.8 cm³/mol. The SMILES string of the molecule is CCCC(C)C(O)S(=O)(=O)[O-].[Na+]. The Balaban J connectivity index is 0. The minimum atomic E-state index is -4.52. The van der Waals surface area contributed by atoms with Crippen molar-refractivity contribution in [3.8, 4) is 0 Å². The average molecular weight is 204 g/mol. The summed E-state index contributed by atoms with van der Waals surface area (Å²) >= 11 is 0. The third kappa shape index (κ3) is 5.50. The fourth-order valence-electron chi connectivity index (χ4n) is 0.882. The second-order valence-corrected chi connectivity index (χ2v) is 4.12. The zero-order valence-corrected chi connectivity index (χ0v) is 10.5. The average Bonchev–Trinajstić information content (AvgIpc) is 1.85. The van der Waals surface area contributed by atoms with Crippen LogP contribution in [0.1, 0.15) is 26.7 Å². The molecule has 0 bridgehead atoms. The molecule has 6 heteroatoms. The molecule has 0 radical (unpaired) electrons. The first kappa shape index (κ1) is 15.3. The molecule has 68 valence electrons. The van der Waals surface area contributed by atoms with E-state index in [2.05, 4.69) is 0 Å². The van der Waals surface area contributed by atoms with Crippen molar-refractivity contribution < 1.29 is 47.6 Å². The minimum Gasteiger partial charge on any atom is -0.746 e. The molecule has 0 saturated heterocycles. The van der Waals surface area contributed by atoms with Crippen LogP contribution in [0.5, 0.6) is 0 Å². The number of rotatable bonds is 4. The maximum absolute atomic E-state index is 10.2. The van der Waals surface area contributed by atoms with E-state index in [4.69, 9.17) is 5.11 Å². The largest absolute Gasteiger partial charge is 1.00 e. The van der Waals surface area contributed by atoms with Gasteiger partial charge in [0, 0.05) is 0 Å². The van der Waals surface area contributed by atoms with Gasteiger partial charge in [0.2, 0.25) is 0 Å². The molecule has 0 heterocycles. The van der Waals surface area contributed by atoms with Gasteiger partial charge in [-0.05, 0) is 12.3 Å². The molecule has 0 rings (SSSR count). The number of hydrogen-bond donors (Lipinski definition) is 1. The first-order valence-corrected chi connectivity index (χ1v) is 4.99. The summed E-state index contributed by atoms with van der Waals surface area (Å²) in [4.78, 5) is 0. The maximum Gasteiger partial charge on any atom is 1.00 e. The van der Waals surface area contributed by atoms with E-state index in [-0.39, 0.29) is 29.6 Å². The Morgan fingerprint density at radius 3 is 2.17 bits per heavy atom. The van der Waals surface area contributed by atoms with E-state index in [1.54, 1.807) is 6.92 Å². The Morgan fingerprint density at radius 1 is 1.50 bits per heavy atom. The van der Waals surface area contributed by atoms with E-state index in [0.29, 0.717) is 6.42 Å². The first-order valence-electron chi connectivity index (χ1n) is 3.52. The zero-order chi connectivity index (χ0) is 9.07. The van der Waals surface area contributed by atoms with Crippen molar-refractivity contribution in [3.05, 3.63) is 0 Å². The van der Waals surface area contributed by atoms with Crippen molar-refractivity contribution in [2.75, 3.05) is 0 Å². The molecule has 0 aromatic rings. The van der Waals surface area contributed by atoms with Crippen LogP contribution in [0, 0.1) is 5.92 Å². The van der Waals surface area contributed by atoms with Gasteiger partial charge in [-0.15, -0.1) is 0 Å². The van der Waals surface area contributed by atoms with Crippen LogP contribution in [0.2, 0.25) is 0 Å². The maximum atomic E-state index is 10.2. The van der Waals surface area contributed by atoms with E-state index in [9.17, 15) is 13.0 Å². The van der Waals surface area contributed by atoms with Gasteiger partial charge >= 0.3 is 29.6 Å². The van der Waals surface area contributed by atoms with Crippen LogP contribution in [0.25, 0.3) is 0 Å². The van der Waals surface area contributed by atoms with Gasteiger partial charge in [-0.25, -0.2) is 8.42 Å². The Kier molecular flexibility index (Phi) is 8.11. The van der Waals surface area contributed by atoms with Crippen LogP contribution in [-0.4, -0.2) is 23.5 Å². The zero-order valence-electron chi connectivity index (χ0n) is 7.65. The predicted octanol–water partition coefficient (Wildman–Crippen LogP) is -2.71. The van der Waals surface area contributed by atoms with Gasteiger partial charge in [-0.3, -0.25) is 0 Å². The van der Waals surface area contributed by atoms with E-state index in [1.165, 1.54) is 0 Å². The molecule has 0 aliphatic carbocycles. The van der Waals surface area contributed by atoms with Crippen molar-refractivity contribution in [2.45, 2.75) is 32.1 Å². The fourth-order valence-corrected chi connectivity index (χ4v) is 1.59. The summed E-state index contributed by atoms with van der Waals surface area (Å²) in [5, 5.41) is 8.88. The van der Waals surface area contributed by atoms with Crippen LogP contribution < -0.4 is 29.6 Å². The van der Waals surface area contributed by atoms with Gasteiger partial charge in [0.1, 0.15) is 15.6 Å². The van der Waals surface area contributed by atoms with E-state index >= 15 is 0 Å². The Hall–Kier alpha value is 0.870. The third-order valence-corrected chi connectivity index (χ3v) is 2.58. The van der Waals surface area contributed by atoms with Crippen LogP contribution in [0.3, 0.4) is 0 Å². The molecule has 0 fully saturated rings. The minimum absolute atomic E-state index is 0. The molecule has 0 aliphatic rings. The number of aliphatic hydroxyl groups is 1. The van der Waals surface area contributed by atoms with Gasteiger partial charge in [-0.1, -0.05) is 20.3 Å². The second-order valence-electron chi connectivity index (χ2n) is 2.65. The normalized spacial score (nSPS) is 16.3. The third-order valence-electron chi connectivity index (χ3n) is 1.53. The van der Waals surface area contributed by atoms with Gasteiger partial charge in [0.15, 0.2) is 0 Å². The smallest absolute Gasteiger partial charge is 0.746 e. The standard InChI is InChI=1S/C6H14O4S.Na/c1-3-4-5(2)6(7)11(8,9)10;/h5-7H,3-4H2,1-2H3,(H,8,9,10);/q;+1/p-1. The molecule has 12 heavy (non-hydrogen) atoms. The fraction of sp³-hybridized carbons (Fsp3) is 1.00. The molecule has 0 saturated carbocycles. The summed E-state index contributed by atoms with van der Waals surface area (Å²) in [6.45, 7) is 3.41. The first-order chi connectivity index (χ1) is 4.89. The summed E-state index contributed by atoms with van der Waals surface area (Å²) in [6, 6.07) is 0. The van der Waals surface area contributed by atoms with Crippen molar-refractivity contribution in [2.24, 2.45) is 5.92 Å². The molecule has 0 aromatic heterocycles.